The van der Waals surface area contributed by atoms with Crippen LogP contribution >= 0.6 is 0 Å². The van der Waals surface area contributed by atoms with E-state index in [1.165, 1.54) is 30.3 Å². The number of nitrogens with two attached hydrogens (primary N) is 1. The number of anilines is 2. The van der Waals surface area contributed by atoms with Crippen molar-refractivity contribution in [1.82, 2.24) is 5.43 Å². The molecule has 0 aliphatic heterocycles. The summed E-state index contributed by atoms with van der Waals surface area (Å²) in [4.78, 5) is 24.4. The smallest absolute Gasteiger partial charge is 0.354 e. The summed E-state index contributed by atoms with van der Waals surface area (Å²) in [6.45, 7) is 0. The average molecular weight is 376 g/mol. The molecule has 9 heteroatoms. The van der Waals surface area contributed by atoms with Crippen molar-refractivity contribution in [1.29, 1.82) is 5.26 Å². The Morgan fingerprint density at radius 1 is 1.07 bits per heavy atom. The molecule has 0 spiro atoms. The number of nitrogens with one attached hydrogen (secondary N) is 2. The second-order valence-corrected chi connectivity index (χ2v) is 5.48. The first-order valence-electron chi connectivity index (χ1n) is 7.76. The van der Waals surface area contributed by atoms with Gasteiger partial charge < -0.3 is 5.32 Å². The highest BCUT2D eigenvalue weighted by molar-refractivity contribution is 6.09. The van der Waals surface area contributed by atoms with Crippen molar-refractivity contribution >= 4 is 23.1 Å². The van der Waals surface area contributed by atoms with Gasteiger partial charge >= 0.3 is 6.18 Å². The van der Waals surface area contributed by atoms with Crippen LogP contribution in [0.1, 0.15) is 39.1 Å². The van der Waals surface area contributed by atoms with E-state index >= 15 is 0 Å². The van der Waals surface area contributed by atoms with E-state index in [1.807, 2.05) is 11.5 Å². The Hall–Kier alpha value is -3.38. The first kappa shape index (κ1) is 19.9. The van der Waals surface area contributed by atoms with Crippen molar-refractivity contribution in [3.63, 3.8) is 0 Å². The highest BCUT2D eigenvalue weighted by atomic mass is 19.4. The Morgan fingerprint density at radius 3 is 2.26 bits per heavy atom. The lowest BCUT2D eigenvalue weighted by Gasteiger charge is -2.16. The zero-order valence-corrected chi connectivity index (χ0v) is 13.9. The second-order valence-electron chi connectivity index (χ2n) is 5.48. The molecule has 4 N–H and O–H groups in total. The van der Waals surface area contributed by atoms with Crippen LogP contribution in [0.4, 0.5) is 24.5 Å². The number of carbonyl (C=O) groups is 2. The maximum absolute atomic E-state index is 12.7. The summed E-state index contributed by atoms with van der Waals surface area (Å²) < 4.78 is 38.1. The normalized spacial score (nSPS) is 10.8. The Morgan fingerprint density at radius 2 is 1.70 bits per heavy atom. The lowest BCUT2D eigenvalue weighted by molar-refractivity contribution is -0.137. The predicted molar refractivity (Wildman–Crippen MR) is 92.0 cm³/mol. The molecule has 2 aromatic rings. The molecule has 0 aromatic heterocycles. The van der Waals surface area contributed by atoms with Crippen molar-refractivity contribution in [3.8, 4) is 6.07 Å². The van der Waals surface area contributed by atoms with Crippen LogP contribution in [0.25, 0.3) is 0 Å². The third-order valence-corrected chi connectivity index (χ3v) is 3.69. The molecule has 0 atom stereocenters. The van der Waals surface area contributed by atoms with Gasteiger partial charge in [0.05, 0.1) is 22.9 Å². The van der Waals surface area contributed by atoms with Crippen LogP contribution < -0.4 is 16.6 Å². The number of hydrazine groups is 1. The summed E-state index contributed by atoms with van der Waals surface area (Å²) in [5.74, 6) is 4.09. The molecule has 0 radical (unpaired) electrons. The van der Waals surface area contributed by atoms with Crippen molar-refractivity contribution in [2.75, 3.05) is 5.32 Å². The van der Waals surface area contributed by atoms with Crippen molar-refractivity contribution in [3.05, 3.63) is 59.2 Å². The molecule has 140 valence electrons. The SMILES string of the molecule is N#CCCC(=O)c1cccc(C(=O)NN)c1Nc1ccc(C(F)(F)F)cc1. The fourth-order valence-electron chi connectivity index (χ4n) is 2.38. The van der Waals surface area contributed by atoms with E-state index in [2.05, 4.69) is 5.32 Å². The van der Waals surface area contributed by atoms with Gasteiger partial charge in [-0.05, 0) is 36.4 Å². The highest BCUT2D eigenvalue weighted by Crippen LogP contribution is 2.32. The molecule has 6 nitrogen and oxygen atoms in total. The van der Waals surface area contributed by atoms with E-state index in [0.717, 1.165) is 12.1 Å². The number of rotatable bonds is 6. The van der Waals surface area contributed by atoms with Crippen LogP contribution in [0.3, 0.4) is 0 Å². The number of amides is 1. The van der Waals surface area contributed by atoms with Gasteiger partial charge in [0.25, 0.3) is 5.91 Å². The van der Waals surface area contributed by atoms with Gasteiger partial charge in [-0.25, -0.2) is 5.84 Å². The molecule has 1 amide bonds. The minimum atomic E-state index is -4.48. The quantitative estimate of drug-likeness (QED) is 0.309. The molecule has 0 aliphatic carbocycles. The Balaban J connectivity index is 2.45. The van der Waals surface area contributed by atoms with E-state index in [9.17, 15) is 22.8 Å². The number of Topliss-reactive ketones (excluding diaryl/α,β-unsaturated/α-hetero) is 1. The molecule has 0 bridgehead atoms. The zero-order valence-electron chi connectivity index (χ0n) is 13.9. The zero-order chi connectivity index (χ0) is 20.0. The fraction of sp³-hybridized carbons (Fsp3) is 0.167. The maximum Gasteiger partial charge on any atom is 0.416 e. The summed E-state index contributed by atoms with van der Waals surface area (Å²) in [6, 6.07) is 10.3. The topological polar surface area (TPSA) is 108 Å². The molecule has 0 heterocycles. The Labute approximate surface area is 152 Å². The van der Waals surface area contributed by atoms with Crippen LogP contribution in [0.5, 0.6) is 0 Å². The third kappa shape index (κ3) is 4.83. The van der Waals surface area contributed by atoms with Gasteiger partial charge in [-0.15, -0.1) is 0 Å². The van der Waals surface area contributed by atoms with Crippen molar-refractivity contribution in [2.45, 2.75) is 19.0 Å². The average Bonchev–Trinajstić information content (AvgIpc) is 2.65. The van der Waals surface area contributed by atoms with Gasteiger partial charge in [-0.1, -0.05) is 6.07 Å². The van der Waals surface area contributed by atoms with E-state index in [-0.39, 0.29) is 35.3 Å². The van der Waals surface area contributed by atoms with Crippen LogP contribution in [0, 0.1) is 11.3 Å². The number of para-hydroxylation sites is 1. The Kier molecular flexibility index (Phi) is 6.15. The van der Waals surface area contributed by atoms with E-state index in [0.29, 0.717) is 0 Å². The van der Waals surface area contributed by atoms with Crippen molar-refractivity contribution in [2.24, 2.45) is 5.84 Å². The number of nitriles is 1. The summed E-state index contributed by atoms with van der Waals surface area (Å²) >= 11 is 0. The van der Waals surface area contributed by atoms with Gasteiger partial charge in [0.2, 0.25) is 0 Å². The van der Waals surface area contributed by atoms with Crippen molar-refractivity contribution < 1.29 is 22.8 Å². The number of hydrogen-bond acceptors (Lipinski definition) is 5. The number of hydrogen-bond donors (Lipinski definition) is 3. The summed E-state index contributed by atoms with van der Waals surface area (Å²) in [5.41, 5.74) is 1.64. The molecule has 0 fully saturated rings. The maximum atomic E-state index is 12.7. The second kappa shape index (κ2) is 8.33. The molecule has 0 unspecified atom stereocenters. The highest BCUT2D eigenvalue weighted by Gasteiger charge is 2.30. The summed E-state index contributed by atoms with van der Waals surface area (Å²) in [6.07, 6.45) is -4.55. The van der Waals surface area contributed by atoms with Crippen LogP contribution in [0.15, 0.2) is 42.5 Å². The molecule has 27 heavy (non-hydrogen) atoms. The molecule has 2 rings (SSSR count). The predicted octanol–water partition coefficient (Wildman–Crippen LogP) is 3.54. The molecule has 0 saturated heterocycles. The number of nitrogen functional groups attached to an aromatic ring is 1. The van der Waals surface area contributed by atoms with Gasteiger partial charge in [-0.3, -0.25) is 15.0 Å². The van der Waals surface area contributed by atoms with Gasteiger partial charge in [0, 0.05) is 24.1 Å². The number of nitrogens with zero attached hydrogens (tertiary/aromatic N) is 1. The number of halogens is 3. The molecule has 0 aliphatic rings. The fourth-order valence-corrected chi connectivity index (χ4v) is 2.38. The van der Waals surface area contributed by atoms with E-state index in [4.69, 9.17) is 11.1 Å². The summed E-state index contributed by atoms with van der Waals surface area (Å²) in [7, 11) is 0. The monoisotopic (exact) mass is 376 g/mol. The number of benzene rings is 2. The van der Waals surface area contributed by atoms with E-state index < -0.39 is 23.4 Å². The van der Waals surface area contributed by atoms with Gasteiger partial charge in [0.1, 0.15) is 0 Å². The van der Waals surface area contributed by atoms with Crippen LogP contribution in [0.2, 0.25) is 0 Å². The van der Waals surface area contributed by atoms with Gasteiger partial charge in [0.15, 0.2) is 5.78 Å². The molecule has 0 saturated carbocycles. The largest absolute Gasteiger partial charge is 0.416 e. The molecular formula is C18H15F3N4O2. The standard InChI is InChI=1S/C18H15F3N4O2/c19-18(20,21)11-6-8-12(9-7-11)24-16-13(15(26)5-2-10-22)3-1-4-14(16)17(27)25-23/h1,3-4,6-9,24H,2,5,23H2,(H,25,27). The molecule has 2 aromatic carbocycles. The number of alkyl halides is 3. The minimum Gasteiger partial charge on any atom is -0.354 e. The minimum absolute atomic E-state index is 0.00807. The third-order valence-electron chi connectivity index (χ3n) is 3.69. The lowest BCUT2D eigenvalue weighted by atomic mass is 10.00. The van der Waals surface area contributed by atoms with Crippen LogP contribution in [-0.2, 0) is 6.18 Å². The number of carbonyl (C=O) groups excluding carboxylic acids is 2. The number of ketones is 1. The summed E-state index contributed by atoms with van der Waals surface area (Å²) in [5, 5.41) is 11.5. The lowest BCUT2D eigenvalue weighted by Crippen LogP contribution is -2.30. The first-order chi connectivity index (χ1) is 12.8. The van der Waals surface area contributed by atoms with Crippen LogP contribution in [-0.4, -0.2) is 11.7 Å². The molecular weight excluding hydrogens is 361 g/mol. The van der Waals surface area contributed by atoms with E-state index in [1.54, 1.807) is 0 Å². The Bertz CT molecular complexity index is 887. The van der Waals surface area contributed by atoms with Gasteiger partial charge in [-0.2, -0.15) is 18.4 Å². The first-order valence-corrected chi connectivity index (χ1v) is 7.76.